The number of hydrogen-bond acceptors (Lipinski definition) is 4. The van der Waals surface area contributed by atoms with Crippen LogP contribution in [0.1, 0.15) is 28.2 Å². The largest absolute Gasteiger partial charge is 0.361 e. The van der Waals surface area contributed by atoms with Gasteiger partial charge in [-0.1, -0.05) is 47.6 Å². The summed E-state index contributed by atoms with van der Waals surface area (Å²) in [7, 11) is 1.75. The van der Waals surface area contributed by atoms with Crippen LogP contribution < -0.4 is 0 Å². The number of rotatable bonds is 7. The summed E-state index contributed by atoms with van der Waals surface area (Å²) in [6.45, 7) is 2.31. The molecule has 2 aromatic heterocycles. The van der Waals surface area contributed by atoms with Gasteiger partial charge in [-0.05, 0) is 25.5 Å². The van der Waals surface area contributed by atoms with Gasteiger partial charge in [-0.25, -0.2) is 9.07 Å². The van der Waals surface area contributed by atoms with Gasteiger partial charge in [0.05, 0.1) is 17.5 Å². The Morgan fingerprint density at radius 3 is 2.65 bits per heavy atom. The van der Waals surface area contributed by atoms with E-state index in [-0.39, 0.29) is 11.7 Å². The van der Waals surface area contributed by atoms with E-state index in [9.17, 15) is 9.18 Å². The predicted octanol–water partition coefficient (Wildman–Crippen LogP) is 4.68. The van der Waals surface area contributed by atoms with Gasteiger partial charge in [0.1, 0.15) is 23.0 Å². The normalized spacial score (nSPS) is 10.9. The molecule has 0 radical (unpaired) electrons. The van der Waals surface area contributed by atoms with E-state index in [1.54, 1.807) is 37.1 Å². The van der Waals surface area contributed by atoms with Crippen molar-refractivity contribution in [3.05, 3.63) is 89.7 Å². The van der Waals surface area contributed by atoms with Crippen LogP contribution >= 0.6 is 0 Å². The minimum absolute atomic E-state index is 0.150. The first-order valence-electron chi connectivity index (χ1n) is 10.1. The van der Waals surface area contributed by atoms with Crippen molar-refractivity contribution >= 4 is 5.91 Å². The Kier molecular flexibility index (Phi) is 5.93. The number of aromatic nitrogens is 3. The molecular weight excluding hydrogens is 395 g/mol. The number of nitrogens with zero attached hydrogens (tertiary/aromatic N) is 4. The Labute approximate surface area is 179 Å². The van der Waals surface area contributed by atoms with Crippen molar-refractivity contribution in [1.82, 2.24) is 19.8 Å². The lowest BCUT2D eigenvalue weighted by Crippen LogP contribution is -2.28. The number of aryl methyl sites for hydroxylation is 1. The van der Waals surface area contributed by atoms with E-state index in [0.717, 1.165) is 23.4 Å². The van der Waals surface area contributed by atoms with E-state index in [2.05, 4.69) is 10.3 Å². The van der Waals surface area contributed by atoms with Crippen molar-refractivity contribution < 1.29 is 13.7 Å². The van der Waals surface area contributed by atoms with Gasteiger partial charge in [0.2, 0.25) is 0 Å². The van der Waals surface area contributed by atoms with Gasteiger partial charge in [0, 0.05) is 31.6 Å². The number of carbonyl (C=O) groups excluding carboxylic acids is 1. The molecule has 158 valence electrons. The van der Waals surface area contributed by atoms with Gasteiger partial charge in [0.15, 0.2) is 0 Å². The van der Waals surface area contributed by atoms with E-state index in [4.69, 9.17) is 4.52 Å². The average molecular weight is 418 g/mol. The van der Waals surface area contributed by atoms with Crippen molar-refractivity contribution in [2.75, 3.05) is 13.6 Å². The maximum atomic E-state index is 14.1. The van der Waals surface area contributed by atoms with E-state index >= 15 is 0 Å². The molecule has 7 heteroatoms. The zero-order valence-corrected chi connectivity index (χ0v) is 17.5. The molecular formula is C24H23FN4O2. The Hall–Kier alpha value is -3.74. The van der Waals surface area contributed by atoms with E-state index in [0.29, 0.717) is 29.9 Å². The van der Waals surface area contributed by atoms with Crippen molar-refractivity contribution in [2.24, 2.45) is 0 Å². The smallest absolute Gasteiger partial charge is 0.257 e. The van der Waals surface area contributed by atoms with E-state index < -0.39 is 0 Å². The molecule has 6 nitrogen and oxygen atoms in total. The van der Waals surface area contributed by atoms with Crippen molar-refractivity contribution in [3.8, 4) is 16.9 Å². The zero-order chi connectivity index (χ0) is 21.8. The second-order valence-electron chi connectivity index (χ2n) is 7.38. The van der Waals surface area contributed by atoms with Crippen LogP contribution in [0.2, 0.25) is 0 Å². The summed E-state index contributed by atoms with van der Waals surface area (Å²) in [5, 5.41) is 8.34. The molecule has 0 bridgehead atoms. The molecule has 2 heterocycles. The minimum atomic E-state index is -0.386. The third kappa shape index (κ3) is 4.40. The fraction of sp³-hybridized carbons (Fsp3) is 0.208. The van der Waals surface area contributed by atoms with Crippen LogP contribution in [0.25, 0.3) is 16.9 Å². The second kappa shape index (κ2) is 8.95. The summed E-state index contributed by atoms with van der Waals surface area (Å²) in [6, 6.07) is 18.1. The molecule has 0 N–H and O–H groups in total. The summed E-state index contributed by atoms with van der Waals surface area (Å²) in [6.07, 6.45) is 2.89. The maximum absolute atomic E-state index is 14.1. The summed E-state index contributed by atoms with van der Waals surface area (Å²) >= 11 is 0. The number of hydrogen-bond donors (Lipinski definition) is 0. The fourth-order valence-corrected chi connectivity index (χ4v) is 3.46. The number of amides is 1. The van der Waals surface area contributed by atoms with Crippen molar-refractivity contribution in [2.45, 2.75) is 19.8 Å². The molecule has 0 unspecified atom stereocenters. The maximum Gasteiger partial charge on any atom is 0.257 e. The molecule has 4 rings (SSSR count). The molecule has 0 aliphatic carbocycles. The number of para-hydroxylation sites is 1. The lowest BCUT2D eigenvalue weighted by molar-refractivity contribution is 0.0792. The first-order chi connectivity index (χ1) is 15.0. The molecule has 2 aromatic carbocycles. The third-order valence-electron chi connectivity index (χ3n) is 5.21. The molecule has 31 heavy (non-hydrogen) atoms. The minimum Gasteiger partial charge on any atom is -0.361 e. The number of carbonyl (C=O) groups is 1. The van der Waals surface area contributed by atoms with Crippen LogP contribution in [-0.4, -0.2) is 39.3 Å². The Bertz CT molecular complexity index is 1180. The highest BCUT2D eigenvalue weighted by molar-refractivity contribution is 5.95. The van der Waals surface area contributed by atoms with Gasteiger partial charge in [-0.2, -0.15) is 5.10 Å². The average Bonchev–Trinajstić information content (AvgIpc) is 3.41. The molecule has 0 atom stereocenters. The van der Waals surface area contributed by atoms with Crippen molar-refractivity contribution in [3.63, 3.8) is 0 Å². The highest BCUT2D eigenvalue weighted by Gasteiger charge is 2.20. The lowest BCUT2D eigenvalue weighted by atomic mass is 10.1. The fourth-order valence-electron chi connectivity index (χ4n) is 3.46. The lowest BCUT2D eigenvalue weighted by Gasteiger charge is -2.16. The van der Waals surface area contributed by atoms with Gasteiger partial charge in [-0.3, -0.25) is 4.79 Å². The predicted molar refractivity (Wildman–Crippen MR) is 115 cm³/mol. The van der Waals surface area contributed by atoms with Crippen molar-refractivity contribution in [1.29, 1.82) is 0 Å². The van der Waals surface area contributed by atoms with Gasteiger partial charge >= 0.3 is 0 Å². The van der Waals surface area contributed by atoms with Gasteiger partial charge < -0.3 is 9.42 Å². The van der Waals surface area contributed by atoms with Crippen LogP contribution in [0.15, 0.2) is 71.4 Å². The monoisotopic (exact) mass is 418 g/mol. The standard InChI is InChI=1S/C24H23FN4O2/c1-17-20(16-26-29(17)23-13-7-6-12-21(23)25)24(30)28(2)14-8-11-19-15-22(27-31-19)18-9-4-3-5-10-18/h3-7,9-10,12-13,15-16H,8,11,14H2,1-2H3. The first kappa shape index (κ1) is 20.5. The summed E-state index contributed by atoms with van der Waals surface area (Å²) in [4.78, 5) is 14.5. The first-order valence-corrected chi connectivity index (χ1v) is 10.1. The number of benzene rings is 2. The van der Waals surface area contributed by atoms with E-state index in [1.807, 2.05) is 36.4 Å². The summed E-state index contributed by atoms with van der Waals surface area (Å²) in [5.41, 5.74) is 3.19. The van der Waals surface area contributed by atoms with Gasteiger partial charge in [-0.15, -0.1) is 0 Å². The molecule has 0 aliphatic heterocycles. The molecule has 0 fully saturated rings. The Morgan fingerprint density at radius 1 is 1.13 bits per heavy atom. The van der Waals surface area contributed by atoms with Crippen LogP contribution in [0.3, 0.4) is 0 Å². The topological polar surface area (TPSA) is 64.2 Å². The second-order valence-corrected chi connectivity index (χ2v) is 7.38. The summed E-state index contributed by atoms with van der Waals surface area (Å²) < 4.78 is 21.0. The highest BCUT2D eigenvalue weighted by Crippen LogP contribution is 2.20. The molecule has 4 aromatic rings. The van der Waals surface area contributed by atoms with E-state index in [1.165, 1.54) is 16.9 Å². The third-order valence-corrected chi connectivity index (χ3v) is 5.21. The highest BCUT2D eigenvalue weighted by atomic mass is 19.1. The summed E-state index contributed by atoms with van der Waals surface area (Å²) in [5.74, 6) is 0.244. The Balaban J connectivity index is 1.37. The number of halogens is 1. The Morgan fingerprint density at radius 2 is 1.87 bits per heavy atom. The molecule has 0 aliphatic rings. The molecule has 0 saturated heterocycles. The van der Waals surface area contributed by atoms with Crippen LogP contribution in [0, 0.1) is 12.7 Å². The SMILES string of the molecule is Cc1c(C(=O)N(C)CCCc2cc(-c3ccccc3)no2)cnn1-c1ccccc1F. The molecule has 1 amide bonds. The quantitative estimate of drug-likeness (QED) is 0.437. The molecule has 0 spiro atoms. The zero-order valence-electron chi connectivity index (χ0n) is 17.5. The van der Waals surface area contributed by atoms with Crippen LogP contribution in [0.4, 0.5) is 4.39 Å². The van der Waals surface area contributed by atoms with Crippen LogP contribution in [-0.2, 0) is 6.42 Å². The van der Waals surface area contributed by atoms with Gasteiger partial charge in [0.25, 0.3) is 5.91 Å². The van der Waals surface area contributed by atoms with Crippen LogP contribution in [0.5, 0.6) is 0 Å². The molecule has 0 saturated carbocycles.